The van der Waals surface area contributed by atoms with Crippen molar-refractivity contribution in [3.05, 3.63) is 0 Å². The van der Waals surface area contributed by atoms with E-state index in [9.17, 15) is 4.79 Å². The van der Waals surface area contributed by atoms with Gasteiger partial charge in [0, 0.05) is 5.92 Å². The summed E-state index contributed by atoms with van der Waals surface area (Å²) in [6.45, 7) is 2.30. The number of esters is 1. The molecule has 0 atom stereocenters. The highest BCUT2D eigenvalue weighted by atomic mass is 16.5. The molecule has 3 aliphatic carbocycles. The van der Waals surface area contributed by atoms with E-state index in [1.807, 2.05) is 0 Å². The molecular formula is C25H41NO2. The second-order valence-electron chi connectivity index (χ2n) is 9.93. The normalized spacial score (nSPS) is 36.4. The van der Waals surface area contributed by atoms with Crippen LogP contribution in [0.25, 0.3) is 0 Å². The maximum absolute atomic E-state index is 12.5. The molecular weight excluding hydrogens is 346 g/mol. The lowest BCUT2D eigenvalue weighted by atomic mass is 9.70. The highest BCUT2D eigenvalue weighted by molar-refractivity contribution is 5.72. The van der Waals surface area contributed by atoms with Crippen LogP contribution < -0.4 is 0 Å². The maximum atomic E-state index is 12.5. The first-order valence-corrected chi connectivity index (χ1v) is 12.3. The zero-order chi connectivity index (χ0) is 19.8. The average molecular weight is 388 g/mol. The summed E-state index contributed by atoms with van der Waals surface area (Å²) in [6, 6.07) is 2.34. The van der Waals surface area contributed by atoms with Crippen molar-refractivity contribution in [3.8, 4) is 6.07 Å². The monoisotopic (exact) mass is 387 g/mol. The Kier molecular flexibility index (Phi) is 8.68. The van der Waals surface area contributed by atoms with Crippen LogP contribution in [0.15, 0.2) is 0 Å². The van der Waals surface area contributed by atoms with Gasteiger partial charge >= 0.3 is 5.97 Å². The summed E-state index contributed by atoms with van der Waals surface area (Å²) in [5, 5.41) is 9.01. The zero-order valence-electron chi connectivity index (χ0n) is 18.0. The summed E-state index contributed by atoms with van der Waals surface area (Å²) in [5.74, 6) is 3.02. The molecule has 0 radical (unpaired) electrons. The van der Waals surface area contributed by atoms with Crippen molar-refractivity contribution >= 4 is 5.97 Å². The van der Waals surface area contributed by atoms with E-state index in [2.05, 4.69) is 13.0 Å². The molecule has 3 nitrogen and oxygen atoms in total. The number of nitrogens with zero attached hydrogens (tertiary/aromatic N) is 1. The van der Waals surface area contributed by atoms with E-state index in [0.29, 0.717) is 0 Å². The molecule has 0 heterocycles. The third-order valence-electron chi connectivity index (χ3n) is 8.02. The molecule has 0 unspecified atom stereocenters. The first-order chi connectivity index (χ1) is 13.7. The van der Waals surface area contributed by atoms with Crippen molar-refractivity contribution in [3.63, 3.8) is 0 Å². The minimum absolute atomic E-state index is 0.0208. The first-order valence-electron chi connectivity index (χ1n) is 12.3. The Morgan fingerprint density at radius 2 is 1.46 bits per heavy atom. The SMILES string of the molecule is CCCCCC1CCC(C2CCC(OC(=O)C3CCC(C#N)CC3)CC2)CC1. The van der Waals surface area contributed by atoms with Crippen LogP contribution in [0.1, 0.15) is 110 Å². The van der Waals surface area contributed by atoms with Crippen molar-refractivity contribution in [2.24, 2.45) is 29.6 Å². The number of carbonyl (C=O) groups excluding carboxylic acids is 1. The molecule has 3 rings (SSSR count). The lowest BCUT2D eigenvalue weighted by Gasteiger charge is -2.38. The molecule has 0 saturated heterocycles. The largest absolute Gasteiger partial charge is 0.462 e. The topological polar surface area (TPSA) is 50.1 Å². The molecule has 0 aromatic rings. The molecule has 3 fully saturated rings. The quantitative estimate of drug-likeness (QED) is 0.356. The molecule has 0 aliphatic heterocycles. The van der Waals surface area contributed by atoms with Crippen LogP contribution in [0, 0.1) is 40.9 Å². The Hall–Kier alpha value is -1.04. The fraction of sp³-hybridized carbons (Fsp3) is 0.920. The molecule has 0 aromatic heterocycles. The van der Waals surface area contributed by atoms with Gasteiger partial charge < -0.3 is 4.74 Å². The number of hydrogen-bond acceptors (Lipinski definition) is 3. The van der Waals surface area contributed by atoms with Crippen LogP contribution in [0.3, 0.4) is 0 Å². The molecule has 158 valence electrons. The molecule has 0 bridgehead atoms. The third kappa shape index (κ3) is 6.23. The van der Waals surface area contributed by atoms with Gasteiger partial charge in [-0.1, -0.05) is 45.4 Å². The van der Waals surface area contributed by atoms with Crippen molar-refractivity contribution in [2.75, 3.05) is 0 Å². The summed E-state index contributed by atoms with van der Waals surface area (Å²) in [5.41, 5.74) is 0. The maximum Gasteiger partial charge on any atom is 0.309 e. The van der Waals surface area contributed by atoms with E-state index in [-0.39, 0.29) is 23.9 Å². The van der Waals surface area contributed by atoms with Crippen molar-refractivity contribution < 1.29 is 9.53 Å². The van der Waals surface area contributed by atoms with Crippen LogP contribution >= 0.6 is 0 Å². The van der Waals surface area contributed by atoms with Gasteiger partial charge in [0.15, 0.2) is 0 Å². The Bertz CT molecular complexity index is 501. The first kappa shape index (κ1) is 21.7. The van der Waals surface area contributed by atoms with E-state index < -0.39 is 0 Å². The second kappa shape index (κ2) is 11.2. The van der Waals surface area contributed by atoms with Crippen LogP contribution in [-0.4, -0.2) is 12.1 Å². The number of ether oxygens (including phenoxy) is 1. The van der Waals surface area contributed by atoms with E-state index in [0.717, 1.165) is 56.3 Å². The minimum atomic E-state index is 0.0208. The summed E-state index contributed by atoms with van der Waals surface area (Å²) < 4.78 is 5.89. The van der Waals surface area contributed by atoms with Gasteiger partial charge in [0.25, 0.3) is 0 Å². The van der Waals surface area contributed by atoms with Gasteiger partial charge in [0.1, 0.15) is 6.10 Å². The van der Waals surface area contributed by atoms with Crippen LogP contribution in [-0.2, 0) is 9.53 Å². The van der Waals surface area contributed by atoms with Crippen molar-refractivity contribution in [1.29, 1.82) is 5.26 Å². The molecule has 3 aliphatic rings. The number of nitriles is 1. The van der Waals surface area contributed by atoms with Gasteiger partial charge in [-0.25, -0.2) is 0 Å². The molecule has 3 saturated carbocycles. The van der Waals surface area contributed by atoms with E-state index >= 15 is 0 Å². The number of unbranched alkanes of at least 4 members (excludes halogenated alkanes) is 2. The fourth-order valence-corrected chi connectivity index (χ4v) is 6.03. The van der Waals surface area contributed by atoms with Crippen LogP contribution in [0.4, 0.5) is 0 Å². The smallest absolute Gasteiger partial charge is 0.309 e. The van der Waals surface area contributed by atoms with Gasteiger partial charge in [0.2, 0.25) is 0 Å². The van der Waals surface area contributed by atoms with Gasteiger partial charge in [-0.3, -0.25) is 4.79 Å². The van der Waals surface area contributed by atoms with Gasteiger partial charge in [0.05, 0.1) is 12.0 Å². The van der Waals surface area contributed by atoms with Gasteiger partial charge in [-0.05, 0) is 82.0 Å². The molecule has 0 amide bonds. The van der Waals surface area contributed by atoms with E-state index in [4.69, 9.17) is 10.00 Å². The van der Waals surface area contributed by atoms with E-state index in [1.165, 1.54) is 64.2 Å². The number of hydrogen-bond donors (Lipinski definition) is 0. The van der Waals surface area contributed by atoms with E-state index in [1.54, 1.807) is 0 Å². The standard InChI is InChI=1S/C25H41NO2/c1-2-3-4-5-19-6-10-21(11-7-19)22-14-16-24(17-15-22)28-25(27)23-12-8-20(18-26)9-13-23/h19-24H,2-17H2,1H3. The van der Waals surface area contributed by atoms with Crippen molar-refractivity contribution in [1.82, 2.24) is 0 Å². The predicted molar refractivity (Wildman–Crippen MR) is 112 cm³/mol. The Morgan fingerprint density at radius 1 is 0.857 bits per heavy atom. The summed E-state index contributed by atoms with van der Waals surface area (Å²) >= 11 is 0. The molecule has 0 spiro atoms. The predicted octanol–water partition coefficient (Wildman–Crippen LogP) is 6.81. The van der Waals surface area contributed by atoms with Crippen LogP contribution in [0.5, 0.6) is 0 Å². The summed E-state index contributed by atoms with van der Waals surface area (Å²) in [6.07, 6.45) is 19.6. The Labute approximate surface area is 172 Å². The third-order valence-corrected chi connectivity index (χ3v) is 8.02. The molecule has 0 N–H and O–H groups in total. The molecule has 0 aromatic carbocycles. The zero-order valence-corrected chi connectivity index (χ0v) is 18.0. The molecule has 28 heavy (non-hydrogen) atoms. The number of carbonyl (C=O) groups is 1. The lowest BCUT2D eigenvalue weighted by molar-refractivity contribution is -0.157. The molecule has 3 heteroatoms. The van der Waals surface area contributed by atoms with Crippen molar-refractivity contribution in [2.45, 2.75) is 116 Å². The Balaban J connectivity index is 1.32. The van der Waals surface area contributed by atoms with Gasteiger partial charge in [-0.2, -0.15) is 5.26 Å². The highest BCUT2D eigenvalue weighted by Gasteiger charge is 2.33. The highest BCUT2D eigenvalue weighted by Crippen LogP contribution is 2.42. The second-order valence-corrected chi connectivity index (χ2v) is 9.93. The lowest BCUT2D eigenvalue weighted by Crippen LogP contribution is -2.32. The van der Waals surface area contributed by atoms with Gasteiger partial charge in [-0.15, -0.1) is 0 Å². The fourth-order valence-electron chi connectivity index (χ4n) is 6.03. The van der Waals surface area contributed by atoms with Crippen LogP contribution in [0.2, 0.25) is 0 Å². The average Bonchev–Trinajstić information content (AvgIpc) is 2.75. The summed E-state index contributed by atoms with van der Waals surface area (Å²) in [4.78, 5) is 12.5. The summed E-state index contributed by atoms with van der Waals surface area (Å²) in [7, 11) is 0. The minimum Gasteiger partial charge on any atom is -0.462 e. The number of rotatable bonds is 7. The Morgan fingerprint density at radius 3 is 2.04 bits per heavy atom.